The lowest BCUT2D eigenvalue weighted by Crippen LogP contribution is -2.11. The van der Waals surface area contributed by atoms with Crippen LogP contribution in [0.1, 0.15) is 11.5 Å². The van der Waals surface area contributed by atoms with Gasteiger partial charge in [0.05, 0.1) is 31.5 Å². The normalized spacial score (nSPS) is 10.3. The summed E-state index contributed by atoms with van der Waals surface area (Å²) in [6.45, 7) is 1.29. The molecule has 3 rings (SSSR count). The van der Waals surface area contributed by atoms with Crippen molar-refractivity contribution in [1.82, 2.24) is 5.32 Å². The molecule has 0 aliphatic rings. The van der Waals surface area contributed by atoms with Gasteiger partial charge in [0, 0.05) is 5.56 Å². The predicted octanol–water partition coefficient (Wildman–Crippen LogP) is 4.91. The quantitative estimate of drug-likeness (QED) is 0.683. The highest BCUT2D eigenvalue weighted by molar-refractivity contribution is 6.32. The summed E-state index contributed by atoms with van der Waals surface area (Å²) in [6.07, 6.45) is 1.66. The predicted molar refractivity (Wildman–Crippen MR) is 92.2 cm³/mol. The van der Waals surface area contributed by atoms with E-state index in [-0.39, 0.29) is 12.4 Å². The van der Waals surface area contributed by atoms with E-state index in [1.165, 1.54) is 0 Å². The van der Waals surface area contributed by atoms with Crippen LogP contribution in [0.4, 0.5) is 0 Å². The van der Waals surface area contributed by atoms with Crippen molar-refractivity contribution in [2.45, 2.75) is 13.1 Å². The molecule has 0 fully saturated rings. The van der Waals surface area contributed by atoms with E-state index in [0.29, 0.717) is 23.9 Å². The molecule has 0 radical (unpaired) electrons. The lowest BCUT2D eigenvalue weighted by Gasteiger charge is -2.04. The summed E-state index contributed by atoms with van der Waals surface area (Å²) in [5.41, 5.74) is 0.920. The molecule has 23 heavy (non-hydrogen) atoms. The van der Waals surface area contributed by atoms with E-state index in [1.54, 1.807) is 13.4 Å². The number of hydrogen-bond acceptors (Lipinski definition) is 4. The monoisotopic (exact) mass is 353 g/mol. The Morgan fingerprint density at radius 3 is 2.61 bits per heavy atom. The number of methoxy groups -OCH3 is 1. The molecular formula is C17H17Cl2NO3. The van der Waals surface area contributed by atoms with Gasteiger partial charge in [0.1, 0.15) is 23.0 Å². The maximum Gasteiger partial charge on any atom is 0.137 e. The molecule has 3 aromatic rings. The molecule has 1 aromatic carbocycles. The Balaban J connectivity index is 0.00000192. The van der Waals surface area contributed by atoms with Crippen molar-refractivity contribution in [2.24, 2.45) is 0 Å². The maximum atomic E-state index is 6.14. The zero-order chi connectivity index (χ0) is 15.4. The first-order valence-corrected chi connectivity index (χ1v) is 7.30. The third kappa shape index (κ3) is 4.32. The molecule has 2 heterocycles. The molecule has 0 aliphatic carbocycles. The fraction of sp³-hybridized carbons (Fsp3) is 0.176. The highest BCUT2D eigenvalue weighted by Crippen LogP contribution is 2.31. The van der Waals surface area contributed by atoms with E-state index < -0.39 is 0 Å². The van der Waals surface area contributed by atoms with Gasteiger partial charge >= 0.3 is 0 Å². The summed E-state index contributed by atoms with van der Waals surface area (Å²) in [5.74, 6) is 3.18. The molecule has 0 atom stereocenters. The number of benzene rings is 1. The van der Waals surface area contributed by atoms with E-state index in [1.807, 2.05) is 42.5 Å². The van der Waals surface area contributed by atoms with Gasteiger partial charge in [-0.2, -0.15) is 0 Å². The SMILES string of the molecule is COc1ccc(-c2ccc(CNCc3ccco3)o2)cc1Cl.Cl. The minimum Gasteiger partial charge on any atom is -0.495 e. The molecule has 0 bridgehead atoms. The molecule has 0 unspecified atom stereocenters. The van der Waals surface area contributed by atoms with E-state index in [2.05, 4.69) is 5.32 Å². The summed E-state index contributed by atoms with van der Waals surface area (Å²) in [5, 5.41) is 3.83. The average Bonchev–Trinajstić information content (AvgIpc) is 3.19. The minimum atomic E-state index is 0. The van der Waals surface area contributed by atoms with Crippen LogP contribution in [0.25, 0.3) is 11.3 Å². The van der Waals surface area contributed by atoms with Crippen molar-refractivity contribution in [3.63, 3.8) is 0 Å². The molecule has 0 saturated carbocycles. The zero-order valence-electron chi connectivity index (χ0n) is 12.5. The lowest BCUT2D eigenvalue weighted by atomic mass is 10.2. The van der Waals surface area contributed by atoms with Gasteiger partial charge in [0.25, 0.3) is 0 Å². The van der Waals surface area contributed by atoms with Gasteiger partial charge in [0.15, 0.2) is 0 Å². The number of ether oxygens (including phenoxy) is 1. The Labute approximate surface area is 145 Å². The topological polar surface area (TPSA) is 47.5 Å². The third-order valence-corrected chi connectivity index (χ3v) is 3.57. The second-order valence-corrected chi connectivity index (χ2v) is 5.21. The van der Waals surface area contributed by atoms with E-state index >= 15 is 0 Å². The summed E-state index contributed by atoms with van der Waals surface area (Å²) in [6, 6.07) is 13.3. The van der Waals surface area contributed by atoms with Crippen molar-refractivity contribution in [2.75, 3.05) is 7.11 Å². The first kappa shape index (κ1) is 17.5. The van der Waals surface area contributed by atoms with Gasteiger partial charge in [-0.1, -0.05) is 11.6 Å². The fourth-order valence-electron chi connectivity index (χ4n) is 2.17. The van der Waals surface area contributed by atoms with E-state index in [9.17, 15) is 0 Å². The fourth-order valence-corrected chi connectivity index (χ4v) is 2.43. The zero-order valence-corrected chi connectivity index (χ0v) is 14.1. The Kier molecular flexibility index (Phi) is 6.16. The van der Waals surface area contributed by atoms with Crippen LogP contribution < -0.4 is 10.1 Å². The number of rotatable bonds is 6. The van der Waals surface area contributed by atoms with Crippen LogP contribution in [0, 0.1) is 0 Å². The molecule has 122 valence electrons. The molecule has 0 aliphatic heterocycles. The first-order valence-electron chi connectivity index (χ1n) is 6.92. The number of nitrogens with one attached hydrogen (secondary N) is 1. The van der Waals surface area contributed by atoms with Crippen LogP contribution in [-0.2, 0) is 13.1 Å². The van der Waals surface area contributed by atoms with Crippen LogP contribution in [0.5, 0.6) is 5.75 Å². The van der Waals surface area contributed by atoms with E-state index in [4.69, 9.17) is 25.2 Å². The molecule has 4 nitrogen and oxygen atoms in total. The van der Waals surface area contributed by atoms with Crippen molar-refractivity contribution in [3.05, 3.63) is 65.3 Å². The lowest BCUT2D eigenvalue weighted by molar-refractivity contribution is 0.415. The first-order chi connectivity index (χ1) is 10.8. The second-order valence-electron chi connectivity index (χ2n) is 4.80. The Morgan fingerprint density at radius 2 is 1.91 bits per heavy atom. The van der Waals surface area contributed by atoms with Gasteiger partial charge in [-0.25, -0.2) is 0 Å². The number of hydrogen-bond donors (Lipinski definition) is 1. The standard InChI is InChI=1S/C17H16ClNO3.ClH/c1-20-17-6-4-12(9-15(17)18)16-7-5-14(22-16)11-19-10-13-3-2-8-21-13;/h2-9,19H,10-11H2,1H3;1H. The molecule has 1 N–H and O–H groups in total. The average molecular weight is 354 g/mol. The molecule has 0 amide bonds. The van der Waals surface area contributed by atoms with Gasteiger partial charge in [-0.05, 0) is 42.5 Å². The number of furan rings is 2. The van der Waals surface area contributed by atoms with Crippen molar-refractivity contribution < 1.29 is 13.6 Å². The van der Waals surface area contributed by atoms with Crippen LogP contribution in [0.3, 0.4) is 0 Å². The van der Waals surface area contributed by atoms with Crippen LogP contribution in [-0.4, -0.2) is 7.11 Å². The van der Waals surface area contributed by atoms with Crippen LogP contribution in [0.2, 0.25) is 5.02 Å². The maximum absolute atomic E-state index is 6.14. The second kappa shape index (κ2) is 8.11. The summed E-state index contributed by atoms with van der Waals surface area (Å²) >= 11 is 6.14. The van der Waals surface area contributed by atoms with E-state index in [0.717, 1.165) is 22.8 Å². The van der Waals surface area contributed by atoms with Crippen molar-refractivity contribution in [1.29, 1.82) is 0 Å². The smallest absolute Gasteiger partial charge is 0.137 e. The molecule has 0 spiro atoms. The van der Waals surface area contributed by atoms with Crippen molar-refractivity contribution >= 4 is 24.0 Å². The Morgan fingerprint density at radius 1 is 1.09 bits per heavy atom. The largest absolute Gasteiger partial charge is 0.495 e. The third-order valence-electron chi connectivity index (χ3n) is 3.28. The molecule has 6 heteroatoms. The highest BCUT2D eigenvalue weighted by Gasteiger charge is 2.08. The summed E-state index contributed by atoms with van der Waals surface area (Å²) in [7, 11) is 1.59. The van der Waals surface area contributed by atoms with Gasteiger partial charge in [-0.3, -0.25) is 0 Å². The van der Waals surface area contributed by atoms with Crippen LogP contribution in [0.15, 0.2) is 57.6 Å². The molecule has 2 aromatic heterocycles. The minimum absolute atomic E-state index is 0. The summed E-state index contributed by atoms with van der Waals surface area (Å²) in [4.78, 5) is 0. The van der Waals surface area contributed by atoms with Crippen LogP contribution >= 0.6 is 24.0 Å². The van der Waals surface area contributed by atoms with Gasteiger partial charge in [0.2, 0.25) is 0 Å². The molecular weight excluding hydrogens is 337 g/mol. The van der Waals surface area contributed by atoms with Crippen molar-refractivity contribution in [3.8, 4) is 17.1 Å². The number of halogens is 2. The highest BCUT2D eigenvalue weighted by atomic mass is 35.5. The van der Waals surface area contributed by atoms with Gasteiger partial charge < -0.3 is 18.9 Å². The summed E-state index contributed by atoms with van der Waals surface area (Å²) < 4.78 is 16.2. The Bertz CT molecular complexity index is 738. The van der Waals surface area contributed by atoms with Gasteiger partial charge in [-0.15, -0.1) is 12.4 Å². The molecule has 0 saturated heterocycles. The Hall–Kier alpha value is -1.88.